The van der Waals surface area contributed by atoms with Gasteiger partial charge in [-0.05, 0) is 42.3 Å². The van der Waals surface area contributed by atoms with E-state index in [-0.39, 0.29) is 16.9 Å². The summed E-state index contributed by atoms with van der Waals surface area (Å²) in [7, 11) is 3.44. The Hall–Kier alpha value is -4.86. The van der Waals surface area contributed by atoms with Crippen molar-refractivity contribution >= 4 is 51.0 Å². The van der Waals surface area contributed by atoms with Gasteiger partial charge >= 0.3 is 0 Å². The van der Waals surface area contributed by atoms with E-state index in [1.807, 2.05) is 43.3 Å². The fourth-order valence-corrected chi connectivity index (χ4v) is 5.36. The summed E-state index contributed by atoms with van der Waals surface area (Å²) in [5.74, 6) is 1.05. The SMILES string of the molecule is CNc1ncc2cc(-c3c(C)ccc4c(Nc5ccc6c(c5)NC(=O)CC6(C)C)ncnc34)c(=O)n(C)c2n1. The standard InChI is InChI=1S/C29H28N8O2/c1-15-6-8-18-24(23(15)19-10-16-13-31-28(30-4)36-26(16)37(5)27(19)39)32-14-33-25(18)34-17-7-9-20-21(11-17)35-22(38)12-29(20,2)3/h6-11,13-14H,12H2,1-5H3,(H,35,38)(H,30,31,36)(H,32,33,34). The third kappa shape index (κ3) is 4.04. The van der Waals surface area contributed by atoms with Gasteiger partial charge in [0.15, 0.2) is 0 Å². The van der Waals surface area contributed by atoms with Crippen molar-refractivity contribution in [2.75, 3.05) is 23.0 Å². The highest BCUT2D eigenvalue weighted by molar-refractivity contribution is 6.02. The first kappa shape index (κ1) is 24.5. The highest BCUT2D eigenvalue weighted by atomic mass is 16.1. The molecule has 0 spiro atoms. The van der Waals surface area contributed by atoms with E-state index in [9.17, 15) is 9.59 Å². The Kier molecular flexibility index (Phi) is 5.56. The van der Waals surface area contributed by atoms with Crippen molar-refractivity contribution in [2.24, 2.45) is 7.05 Å². The predicted molar refractivity (Wildman–Crippen MR) is 154 cm³/mol. The number of carbonyl (C=O) groups excluding carboxylic acids is 1. The predicted octanol–water partition coefficient (Wildman–Crippen LogP) is 4.65. The maximum atomic E-state index is 13.6. The molecule has 3 N–H and O–H groups in total. The van der Waals surface area contributed by atoms with Gasteiger partial charge < -0.3 is 16.0 Å². The first-order chi connectivity index (χ1) is 18.7. The normalized spacial score (nSPS) is 14.2. The van der Waals surface area contributed by atoms with Crippen LogP contribution in [-0.4, -0.2) is 37.5 Å². The molecule has 1 aliphatic rings. The number of nitrogens with zero attached hydrogens (tertiary/aromatic N) is 5. The Morgan fingerprint density at radius 3 is 2.67 bits per heavy atom. The average Bonchev–Trinajstić information content (AvgIpc) is 2.90. The second kappa shape index (κ2) is 8.87. The number of pyridine rings is 1. The van der Waals surface area contributed by atoms with Crippen LogP contribution in [0.4, 0.5) is 23.1 Å². The highest BCUT2D eigenvalue weighted by Crippen LogP contribution is 2.39. The molecule has 1 aliphatic heterocycles. The van der Waals surface area contributed by atoms with Gasteiger partial charge in [-0.2, -0.15) is 4.98 Å². The van der Waals surface area contributed by atoms with E-state index in [4.69, 9.17) is 0 Å². The Morgan fingerprint density at radius 2 is 1.87 bits per heavy atom. The smallest absolute Gasteiger partial charge is 0.259 e. The van der Waals surface area contributed by atoms with Crippen molar-refractivity contribution in [3.05, 3.63) is 70.4 Å². The summed E-state index contributed by atoms with van der Waals surface area (Å²) in [6.07, 6.45) is 3.64. The number of anilines is 4. The minimum absolute atomic E-state index is 0.00167. The van der Waals surface area contributed by atoms with Gasteiger partial charge in [0.2, 0.25) is 11.9 Å². The number of hydrogen-bond donors (Lipinski definition) is 3. The first-order valence-corrected chi connectivity index (χ1v) is 12.7. The summed E-state index contributed by atoms with van der Waals surface area (Å²) in [6.45, 7) is 6.10. The van der Waals surface area contributed by atoms with Gasteiger partial charge in [-0.15, -0.1) is 0 Å². The van der Waals surface area contributed by atoms with Gasteiger partial charge in [-0.3, -0.25) is 14.2 Å². The molecule has 0 radical (unpaired) electrons. The molecule has 0 unspecified atom stereocenters. The summed E-state index contributed by atoms with van der Waals surface area (Å²) in [6, 6.07) is 11.7. The fraction of sp³-hybridized carbons (Fsp3) is 0.241. The zero-order valence-electron chi connectivity index (χ0n) is 22.4. The summed E-state index contributed by atoms with van der Waals surface area (Å²) >= 11 is 0. The van der Waals surface area contributed by atoms with Crippen molar-refractivity contribution in [1.82, 2.24) is 24.5 Å². The van der Waals surface area contributed by atoms with Gasteiger partial charge in [-0.25, -0.2) is 15.0 Å². The molecule has 2 aromatic carbocycles. The van der Waals surface area contributed by atoms with Gasteiger partial charge in [0.1, 0.15) is 17.8 Å². The summed E-state index contributed by atoms with van der Waals surface area (Å²) in [4.78, 5) is 43.7. The lowest BCUT2D eigenvalue weighted by Gasteiger charge is -2.32. The van der Waals surface area contributed by atoms with Crippen LogP contribution in [0.5, 0.6) is 0 Å². The third-order valence-electron chi connectivity index (χ3n) is 7.34. The van der Waals surface area contributed by atoms with Crippen LogP contribution in [0, 0.1) is 6.92 Å². The van der Waals surface area contributed by atoms with E-state index >= 15 is 0 Å². The lowest BCUT2D eigenvalue weighted by atomic mass is 9.78. The topological polar surface area (TPSA) is 127 Å². The number of fused-ring (bicyclic) bond motifs is 3. The summed E-state index contributed by atoms with van der Waals surface area (Å²) in [5.41, 5.74) is 5.61. The molecule has 0 fully saturated rings. The van der Waals surface area contributed by atoms with E-state index in [1.54, 1.807) is 20.3 Å². The van der Waals surface area contributed by atoms with Gasteiger partial charge in [0, 0.05) is 59.8 Å². The van der Waals surface area contributed by atoms with E-state index in [0.717, 1.165) is 38.8 Å². The molecule has 5 aromatic rings. The van der Waals surface area contributed by atoms with Gasteiger partial charge in [-0.1, -0.05) is 26.0 Å². The number of nitrogens with one attached hydrogen (secondary N) is 3. The number of aromatic nitrogens is 5. The number of hydrogen-bond acceptors (Lipinski definition) is 8. The van der Waals surface area contributed by atoms with Crippen molar-refractivity contribution in [3.8, 4) is 11.1 Å². The van der Waals surface area contributed by atoms with Crippen molar-refractivity contribution in [1.29, 1.82) is 0 Å². The molecule has 6 rings (SSSR count). The van der Waals surface area contributed by atoms with Crippen LogP contribution < -0.4 is 21.5 Å². The lowest BCUT2D eigenvalue weighted by Crippen LogP contribution is -2.32. The molecule has 196 valence electrons. The van der Waals surface area contributed by atoms with Gasteiger partial charge in [0.05, 0.1) is 11.1 Å². The largest absolute Gasteiger partial charge is 0.357 e. The van der Waals surface area contributed by atoms with Crippen LogP contribution in [0.15, 0.2) is 53.7 Å². The summed E-state index contributed by atoms with van der Waals surface area (Å²) < 4.78 is 1.54. The van der Waals surface area contributed by atoms with Crippen LogP contribution >= 0.6 is 0 Å². The molecule has 3 aromatic heterocycles. The maximum Gasteiger partial charge on any atom is 0.259 e. The van der Waals surface area contributed by atoms with E-state index in [2.05, 4.69) is 49.7 Å². The van der Waals surface area contributed by atoms with Crippen LogP contribution in [0.3, 0.4) is 0 Å². The molecular weight excluding hydrogens is 492 g/mol. The molecule has 10 heteroatoms. The van der Waals surface area contributed by atoms with Gasteiger partial charge in [0.25, 0.3) is 5.56 Å². The lowest BCUT2D eigenvalue weighted by molar-refractivity contribution is -0.117. The third-order valence-corrected chi connectivity index (χ3v) is 7.34. The molecule has 0 saturated carbocycles. The zero-order valence-corrected chi connectivity index (χ0v) is 22.4. The fourth-order valence-electron chi connectivity index (χ4n) is 5.36. The minimum Gasteiger partial charge on any atom is -0.357 e. The zero-order chi connectivity index (χ0) is 27.5. The molecule has 1 amide bonds. The average molecular weight is 521 g/mol. The highest BCUT2D eigenvalue weighted by Gasteiger charge is 2.32. The molecule has 0 atom stereocenters. The Morgan fingerprint density at radius 1 is 1.05 bits per heavy atom. The molecule has 4 heterocycles. The number of aryl methyl sites for hydroxylation is 2. The molecule has 0 saturated heterocycles. The molecule has 10 nitrogen and oxygen atoms in total. The summed E-state index contributed by atoms with van der Waals surface area (Å²) in [5, 5.41) is 10.8. The Bertz CT molecular complexity index is 1880. The molecule has 0 aliphatic carbocycles. The van der Waals surface area contributed by atoms with Crippen LogP contribution in [0.25, 0.3) is 33.1 Å². The van der Waals surface area contributed by atoms with E-state index in [0.29, 0.717) is 34.9 Å². The van der Waals surface area contributed by atoms with Crippen LogP contribution in [0.1, 0.15) is 31.4 Å². The van der Waals surface area contributed by atoms with Crippen molar-refractivity contribution in [3.63, 3.8) is 0 Å². The van der Waals surface area contributed by atoms with Crippen molar-refractivity contribution in [2.45, 2.75) is 32.6 Å². The second-order valence-electron chi connectivity index (χ2n) is 10.5. The molecule has 0 bridgehead atoms. The maximum absolute atomic E-state index is 13.6. The molecule has 39 heavy (non-hydrogen) atoms. The van der Waals surface area contributed by atoms with Crippen LogP contribution in [0.2, 0.25) is 0 Å². The number of rotatable bonds is 4. The minimum atomic E-state index is -0.240. The van der Waals surface area contributed by atoms with Crippen LogP contribution in [-0.2, 0) is 17.3 Å². The number of benzene rings is 2. The second-order valence-corrected chi connectivity index (χ2v) is 10.5. The molecular formula is C29H28N8O2. The van der Waals surface area contributed by atoms with E-state index in [1.165, 1.54) is 10.9 Å². The monoisotopic (exact) mass is 520 g/mol. The number of amides is 1. The van der Waals surface area contributed by atoms with E-state index < -0.39 is 0 Å². The quantitative estimate of drug-likeness (QED) is 0.313. The Labute approximate surface area is 224 Å². The first-order valence-electron chi connectivity index (χ1n) is 12.7. The number of carbonyl (C=O) groups is 1. The Balaban J connectivity index is 1.48. The van der Waals surface area contributed by atoms with Crippen molar-refractivity contribution < 1.29 is 4.79 Å².